The molecule has 96 valence electrons. The van der Waals surface area contributed by atoms with E-state index in [1.165, 1.54) is 25.7 Å². The van der Waals surface area contributed by atoms with Gasteiger partial charge in [0.25, 0.3) is 0 Å². The molecule has 1 spiro atoms. The van der Waals surface area contributed by atoms with E-state index < -0.39 is 6.51 Å². The van der Waals surface area contributed by atoms with Gasteiger partial charge in [-0.15, -0.1) is 0 Å². The average Bonchev–Trinajstić information content (AvgIpc) is 3.30. The molecule has 1 heteroatoms. The summed E-state index contributed by atoms with van der Waals surface area (Å²) in [4.78, 5) is 15.9. The first-order chi connectivity index (χ1) is 8.07. The predicted octanol–water partition coefficient (Wildman–Crippen LogP) is 5.96. The Labute approximate surface area is 94.2 Å². The summed E-state index contributed by atoms with van der Waals surface area (Å²) in [7, 11) is 0. The summed E-state index contributed by atoms with van der Waals surface area (Å²) in [5.74, 6) is 0. The fourth-order valence-electron chi connectivity index (χ4n) is 16.3. The Morgan fingerprint density at radius 1 is 0.529 bits per heavy atom. The van der Waals surface area contributed by atoms with Gasteiger partial charge in [0.05, 0.1) is 0 Å². The van der Waals surface area contributed by atoms with Crippen LogP contribution in [-0.2, 0) is 6.51 Å². The van der Waals surface area contributed by atoms with Gasteiger partial charge in [-0.05, 0) is 0 Å². The van der Waals surface area contributed by atoms with Crippen LogP contribution in [0.4, 0.5) is 0 Å². The Hall–Kier alpha value is 0.519. The summed E-state index contributed by atoms with van der Waals surface area (Å²) in [6, 6.07) is 0. The fraction of sp³-hybridized carbons (Fsp3) is 1.00. The minimum absolute atomic E-state index is 1.36. The van der Waals surface area contributed by atoms with E-state index in [0.29, 0.717) is 0 Å². The molecule has 0 amide bonds. The number of rotatable bonds is 3. The third kappa shape index (κ3) is 0.0841. The van der Waals surface area contributed by atoms with Crippen molar-refractivity contribution in [3.8, 4) is 0 Å². The molecule has 0 saturated carbocycles. The van der Waals surface area contributed by atoms with Gasteiger partial charge in [-0.3, -0.25) is 0 Å². The molecule has 0 bridgehead atoms. The van der Waals surface area contributed by atoms with Crippen LogP contribution in [0, 0.1) is 0 Å². The van der Waals surface area contributed by atoms with E-state index in [2.05, 4.69) is 13.8 Å². The second-order valence-corrected chi connectivity index (χ2v) is 35.2. The number of fused-ring (bicyclic) bond motifs is 10. The Bertz CT molecular complexity index is 631. The minimum atomic E-state index is -2.28. The van der Waals surface area contributed by atoms with E-state index in [-0.39, 0.29) is 0 Å². The van der Waals surface area contributed by atoms with Crippen molar-refractivity contribution in [2.45, 2.75) is 87.7 Å². The second-order valence-electron chi connectivity index (χ2n) is 11.3. The van der Waals surface area contributed by atoms with Crippen LogP contribution in [0.25, 0.3) is 0 Å². The number of hydrogen-bond acceptors (Lipinski definition) is 0. The van der Waals surface area contributed by atoms with E-state index >= 15 is 0 Å². The summed E-state index contributed by atoms with van der Waals surface area (Å²) in [6.45, 7) is 2.18. The first-order valence-electron chi connectivity index (χ1n) is 8.29. The van der Waals surface area contributed by atoms with Gasteiger partial charge in [0, 0.05) is 0 Å². The Morgan fingerprint density at radius 3 is 0.824 bits per heavy atom. The van der Waals surface area contributed by atoms with Crippen LogP contribution < -0.4 is 0 Å². The van der Waals surface area contributed by atoms with Crippen LogP contribution in [-0.4, -0.2) is 0 Å². The summed E-state index contributed by atoms with van der Waals surface area (Å²) < 4.78 is 0. The summed E-state index contributed by atoms with van der Waals surface area (Å²) in [6.07, 6.45) is 5.54. The second kappa shape index (κ2) is 0.629. The van der Waals surface area contributed by atoms with Gasteiger partial charge in [-0.1, -0.05) is 39.5 Å². The van der Waals surface area contributed by atoms with Crippen molar-refractivity contribution in [2.75, 3.05) is 0 Å². The Morgan fingerprint density at radius 2 is 0.765 bits per heavy atom. The fourth-order valence-corrected chi connectivity index (χ4v) is 88.5. The molecule has 10 heterocycles. The van der Waals surface area contributed by atoms with Crippen LogP contribution in [0.15, 0.2) is 0 Å². The normalized spacial score (nSPS) is 114. The van der Waals surface area contributed by atoms with Crippen molar-refractivity contribution in [1.29, 1.82) is 0 Å². The van der Waals surface area contributed by atoms with Crippen molar-refractivity contribution in [1.82, 2.24) is 0 Å². The molecule has 10 saturated heterocycles. The predicted molar refractivity (Wildman–Crippen MR) is 67.3 cm³/mol. The van der Waals surface area contributed by atoms with Crippen LogP contribution in [0.1, 0.15) is 39.5 Å². The molecule has 0 unspecified atom stereocenters. The SMILES string of the molecule is CCCCCC.[CH]12[CH]3[CH]4[CH]5[CH]1[Fe]23451678[CH]2[CH]1[CH]6[CH]7[CH]28. The topological polar surface area (TPSA) is 0 Å². The standard InChI is InChI=1S/C6H14.2C5H5.Fe/c1-3-5-6-4-2;2*1-2-4-5-3-1;/h3-6H2,1-2H3;2*1-5H;. The van der Waals surface area contributed by atoms with Crippen LogP contribution in [0.3, 0.4) is 0 Å². The molecule has 0 N–H and O–H groups in total. The van der Waals surface area contributed by atoms with Gasteiger partial charge in [0.15, 0.2) is 0 Å². The van der Waals surface area contributed by atoms with Crippen molar-refractivity contribution in [3.63, 3.8) is 0 Å². The van der Waals surface area contributed by atoms with Crippen LogP contribution in [0.2, 0.25) is 48.2 Å². The van der Waals surface area contributed by atoms with Crippen LogP contribution >= 0.6 is 0 Å². The first kappa shape index (κ1) is 7.34. The van der Waals surface area contributed by atoms with Gasteiger partial charge < -0.3 is 0 Å². The third-order valence-corrected chi connectivity index (χ3v) is 57.4. The third-order valence-electron chi connectivity index (χ3n) is 15.5. The molecule has 10 rings (SSSR count). The zero-order valence-electron chi connectivity index (χ0n) is 11.0. The van der Waals surface area contributed by atoms with Gasteiger partial charge in [0.1, 0.15) is 0 Å². The average molecular weight is 272 g/mol. The van der Waals surface area contributed by atoms with E-state index in [1.54, 1.807) is 48.2 Å². The molecule has 10 aliphatic heterocycles. The van der Waals surface area contributed by atoms with Crippen LogP contribution in [0.5, 0.6) is 0 Å². The molecule has 0 aromatic heterocycles. The molecule has 0 atom stereocenters. The molecular formula is C16H24Fe. The maximum absolute atomic E-state index is 2.28. The Kier molecular flexibility index (Phi) is 0.272. The van der Waals surface area contributed by atoms with Crippen molar-refractivity contribution >= 4 is 0 Å². The maximum atomic E-state index is 2.23. The summed E-state index contributed by atoms with van der Waals surface area (Å²) >= 11 is 0. The molecule has 10 fully saturated rings. The molecular weight excluding hydrogens is 248 g/mol. The zero-order valence-corrected chi connectivity index (χ0v) is 12.1. The Balaban J connectivity index is 0.0000000947. The summed E-state index contributed by atoms with van der Waals surface area (Å²) in [5.41, 5.74) is 0. The zero-order chi connectivity index (χ0) is 10.9. The van der Waals surface area contributed by atoms with Crippen molar-refractivity contribution in [2.24, 2.45) is 0 Å². The molecule has 17 heavy (non-hydrogen) atoms. The molecule has 0 aromatic rings. The molecule has 10 aliphatic rings. The monoisotopic (exact) mass is 272 g/mol. The summed E-state index contributed by atoms with van der Waals surface area (Å²) in [5, 5.41) is 0. The molecule has 0 nitrogen and oxygen atoms in total. The van der Waals surface area contributed by atoms with Gasteiger partial charge in [-0.25, -0.2) is 0 Å². The molecule has 0 radical (unpaired) electrons. The first-order valence-corrected chi connectivity index (χ1v) is 14.7. The van der Waals surface area contributed by atoms with Crippen molar-refractivity contribution in [3.05, 3.63) is 0 Å². The van der Waals surface area contributed by atoms with E-state index in [1.807, 2.05) is 0 Å². The van der Waals surface area contributed by atoms with E-state index in [9.17, 15) is 0 Å². The van der Waals surface area contributed by atoms with E-state index in [0.717, 1.165) is 0 Å². The molecule has 0 aromatic carbocycles. The molecule has 0 aliphatic carbocycles. The van der Waals surface area contributed by atoms with Gasteiger partial charge in [-0.2, -0.15) is 0 Å². The van der Waals surface area contributed by atoms with E-state index in [4.69, 9.17) is 0 Å². The van der Waals surface area contributed by atoms with Crippen molar-refractivity contribution < 1.29 is 6.51 Å². The van der Waals surface area contributed by atoms with Gasteiger partial charge in [0.2, 0.25) is 0 Å². The van der Waals surface area contributed by atoms with Gasteiger partial charge >= 0.3 is 54.7 Å². The number of hydrogen-bond donors (Lipinski definition) is 0. The number of unbranched alkanes of at least 4 members (excludes halogenated alkanes) is 3. The quantitative estimate of drug-likeness (QED) is 0.439.